The molecule has 0 fully saturated rings. The first-order valence-electron chi connectivity index (χ1n) is 16.4. The molecule has 0 spiro atoms. The molecule has 4 aromatic rings. The number of hydrogen-bond donors (Lipinski definition) is 0. The standard InChI is InChI=1S/2C21H26F2O/c1-20(2,3)16-10-7-14(8-11-16)15-9-12-17(21(4,5)6)18(13-15)24-19(22)23;1-20(2,3)15-9-7-14(8-10-15)17-12-11-16(21(4,5)6)13-18(17)24-19(22)23/h2*7-13,19H,1-6H3. The summed E-state index contributed by atoms with van der Waals surface area (Å²) in [5.74, 6) is 0.468. The molecule has 0 radical (unpaired) electrons. The fraction of sp³-hybridized carbons (Fsp3) is 0.429. The third-order valence-corrected chi connectivity index (χ3v) is 8.22. The van der Waals surface area contributed by atoms with Crippen LogP contribution in [0.15, 0.2) is 84.9 Å². The normalized spacial score (nSPS) is 12.5. The van der Waals surface area contributed by atoms with Gasteiger partial charge in [-0.15, -0.1) is 0 Å². The van der Waals surface area contributed by atoms with Crippen LogP contribution in [0.4, 0.5) is 17.6 Å². The predicted octanol–water partition coefficient (Wildman–Crippen LogP) is 13.1. The van der Waals surface area contributed by atoms with Crippen LogP contribution < -0.4 is 9.47 Å². The van der Waals surface area contributed by atoms with Gasteiger partial charge in [0.2, 0.25) is 0 Å². The van der Waals surface area contributed by atoms with Crippen LogP contribution in [0.25, 0.3) is 22.3 Å². The summed E-state index contributed by atoms with van der Waals surface area (Å²) in [5.41, 5.74) is 7.34. The summed E-state index contributed by atoms with van der Waals surface area (Å²) >= 11 is 0. The maximum absolute atomic E-state index is 12.8. The number of ether oxygens (including phenoxy) is 2. The Bertz CT molecular complexity index is 1630. The minimum Gasteiger partial charge on any atom is -0.435 e. The van der Waals surface area contributed by atoms with E-state index < -0.39 is 13.2 Å². The van der Waals surface area contributed by atoms with Gasteiger partial charge in [0.1, 0.15) is 11.5 Å². The second-order valence-electron chi connectivity index (χ2n) is 16.3. The highest BCUT2D eigenvalue weighted by Crippen LogP contribution is 2.38. The summed E-state index contributed by atoms with van der Waals surface area (Å²) < 4.78 is 60.8. The summed E-state index contributed by atoms with van der Waals surface area (Å²) in [5, 5.41) is 0. The molecule has 0 aliphatic carbocycles. The number of hydrogen-bond acceptors (Lipinski definition) is 2. The van der Waals surface area contributed by atoms with Gasteiger partial charge in [-0.05, 0) is 72.7 Å². The third kappa shape index (κ3) is 10.6. The van der Waals surface area contributed by atoms with Crippen molar-refractivity contribution in [2.75, 3.05) is 0 Å². The Morgan fingerprint density at radius 3 is 1.21 bits per heavy atom. The minimum atomic E-state index is -2.84. The molecular weight excluding hydrogens is 612 g/mol. The van der Waals surface area contributed by atoms with Crippen LogP contribution >= 0.6 is 0 Å². The lowest BCUT2D eigenvalue weighted by Crippen LogP contribution is -2.15. The molecule has 6 heteroatoms. The van der Waals surface area contributed by atoms with Crippen molar-refractivity contribution in [1.29, 1.82) is 0 Å². The number of halogens is 4. The highest BCUT2D eigenvalue weighted by Gasteiger charge is 2.23. The number of rotatable bonds is 6. The topological polar surface area (TPSA) is 18.5 Å². The summed E-state index contributed by atoms with van der Waals surface area (Å²) in [6.45, 7) is 19.3. The van der Waals surface area contributed by atoms with Gasteiger partial charge in [0.05, 0.1) is 0 Å². The molecule has 2 nitrogen and oxygen atoms in total. The first-order chi connectivity index (χ1) is 22.0. The molecule has 4 aromatic carbocycles. The predicted molar refractivity (Wildman–Crippen MR) is 192 cm³/mol. The Kier molecular flexibility index (Phi) is 11.9. The van der Waals surface area contributed by atoms with Crippen LogP contribution in [-0.2, 0) is 21.7 Å². The lowest BCUT2D eigenvalue weighted by atomic mass is 9.84. The van der Waals surface area contributed by atoms with Gasteiger partial charge >= 0.3 is 13.2 Å². The average molecular weight is 665 g/mol. The molecule has 4 rings (SSSR count). The SMILES string of the molecule is CC(C)(C)c1ccc(-c2ccc(C(C)(C)C)c(OC(F)F)c2)cc1.CC(C)(C)c1ccc(-c2ccc(C(C)(C)C)cc2OC(F)F)cc1. The van der Waals surface area contributed by atoms with E-state index in [4.69, 9.17) is 9.47 Å². The van der Waals surface area contributed by atoms with Gasteiger partial charge in [-0.1, -0.05) is 156 Å². The van der Waals surface area contributed by atoms with Crippen LogP contribution in [0.3, 0.4) is 0 Å². The van der Waals surface area contributed by atoms with E-state index in [1.807, 2.05) is 102 Å². The van der Waals surface area contributed by atoms with Crippen LogP contribution in [0.5, 0.6) is 11.5 Å². The zero-order chi connectivity index (χ0) is 36.2. The second-order valence-corrected chi connectivity index (χ2v) is 16.3. The van der Waals surface area contributed by atoms with Gasteiger partial charge in [-0.3, -0.25) is 0 Å². The highest BCUT2D eigenvalue weighted by molar-refractivity contribution is 5.72. The fourth-order valence-corrected chi connectivity index (χ4v) is 5.25. The van der Waals surface area contributed by atoms with E-state index >= 15 is 0 Å². The van der Waals surface area contributed by atoms with Crippen molar-refractivity contribution in [2.45, 2.75) is 118 Å². The molecule has 0 unspecified atom stereocenters. The van der Waals surface area contributed by atoms with E-state index in [0.717, 1.165) is 27.8 Å². The molecule has 48 heavy (non-hydrogen) atoms. The Balaban J connectivity index is 0.000000260. The lowest BCUT2D eigenvalue weighted by Gasteiger charge is -2.23. The lowest BCUT2D eigenvalue weighted by molar-refractivity contribution is -0.0511. The molecule has 0 saturated heterocycles. The van der Waals surface area contributed by atoms with E-state index in [2.05, 4.69) is 53.7 Å². The summed E-state index contributed by atoms with van der Waals surface area (Å²) in [6, 6.07) is 27.3. The van der Waals surface area contributed by atoms with E-state index in [-0.39, 0.29) is 33.2 Å². The van der Waals surface area contributed by atoms with E-state index in [1.54, 1.807) is 12.1 Å². The zero-order valence-electron chi connectivity index (χ0n) is 30.6. The van der Waals surface area contributed by atoms with Crippen molar-refractivity contribution in [3.63, 3.8) is 0 Å². The van der Waals surface area contributed by atoms with Crippen LogP contribution in [-0.4, -0.2) is 13.2 Å². The van der Waals surface area contributed by atoms with Gasteiger partial charge in [-0.2, -0.15) is 17.6 Å². The highest BCUT2D eigenvalue weighted by atomic mass is 19.3. The van der Waals surface area contributed by atoms with Gasteiger partial charge in [-0.25, -0.2) is 0 Å². The number of alkyl halides is 4. The maximum Gasteiger partial charge on any atom is 0.387 e. The fourth-order valence-electron chi connectivity index (χ4n) is 5.25. The molecule has 260 valence electrons. The van der Waals surface area contributed by atoms with Crippen molar-refractivity contribution in [3.05, 3.63) is 107 Å². The molecule has 0 aromatic heterocycles. The molecule has 0 aliphatic heterocycles. The third-order valence-electron chi connectivity index (χ3n) is 8.22. The van der Waals surface area contributed by atoms with Crippen LogP contribution in [0.2, 0.25) is 0 Å². The van der Waals surface area contributed by atoms with Crippen molar-refractivity contribution >= 4 is 0 Å². The van der Waals surface area contributed by atoms with Crippen molar-refractivity contribution in [2.24, 2.45) is 0 Å². The van der Waals surface area contributed by atoms with Crippen molar-refractivity contribution < 1.29 is 27.0 Å². The molecule has 0 bridgehead atoms. The molecule has 0 N–H and O–H groups in total. The number of benzene rings is 4. The van der Waals surface area contributed by atoms with E-state index in [9.17, 15) is 17.6 Å². The van der Waals surface area contributed by atoms with Crippen LogP contribution in [0.1, 0.15) is 105 Å². The minimum absolute atomic E-state index is 0.0525. The quantitative estimate of drug-likeness (QED) is 0.191. The maximum atomic E-state index is 12.8. The molecule has 0 saturated carbocycles. The Labute approximate surface area is 285 Å². The monoisotopic (exact) mass is 664 g/mol. The van der Waals surface area contributed by atoms with Gasteiger partial charge < -0.3 is 9.47 Å². The van der Waals surface area contributed by atoms with Gasteiger partial charge in [0.15, 0.2) is 0 Å². The Morgan fingerprint density at radius 1 is 0.396 bits per heavy atom. The molecular formula is C42H52F4O2. The van der Waals surface area contributed by atoms with E-state index in [0.29, 0.717) is 5.56 Å². The zero-order valence-corrected chi connectivity index (χ0v) is 30.6. The summed E-state index contributed by atoms with van der Waals surface area (Å²) in [6.07, 6.45) is 0. The van der Waals surface area contributed by atoms with Crippen LogP contribution in [0, 0.1) is 0 Å². The summed E-state index contributed by atoms with van der Waals surface area (Å²) in [7, 11) is 0. The average Bonchev–Trinajstić information content (AvgIpc) is 2.95. The van der Waals surface area contributed by atoms with Crippen molar-refractivity contribution in [1.82, 2.24) is 0 Å². The molecule has 0 atom stereocenters. The smallest absolute Gasteiger partial charge is 0.387 e. The molecule has 0 aliphatic rings. The van der Waals surface area contributed by atoms with Gasteiger partial charge in [0.25, 0.3) is 0 Å². The van der Waals surface area contributed by atoms with Crippen molar-refractivity contribution in [3.8, 4) is 33.8 Å². The summed E-state index contributed by atoms with van der Waals surface area (Å²) in [4.78, 5) is 0. The first kappa shape index (κ1) is 38.6. The molecule has 0 heterocycles. The Morgan fingerprint density at radius 2 is 0.792 bits per heavy atom. The molecule has 0 amide bonds. The van der Waals surface area contributed by atoms with E-state index in [1.165, 1.54) is 11.1 Å². The Hall–Kier alpha value is -3.80. The first-order valence-corrected chi connectivity index (χ1v) is 16.4. The van der Waals surface area contributed by atoms with Gasteiger partial charge in [0, 0.05) is 5.56 Å². The largest absolute Gasteiger partial charge is 0.435 e. The second kappa shape index (κ2) is 14.8.